The standard InChI is InChI=1S/C19H25FN4O3S/c20-16-5-6-17-15(13-16)14-18(21-17)19(25)22-7-4-10-24(12-11-22)28(26,27)23-8-2-1-3-9-23/h5-6,13-14,21H,1-4,7-12H2. The third-order valence-electron chi connectivity index (χ3n) is 5.52. The van der Waals surface area contributed by atoms with Crippen molar-refractivity contribution in [3.63, 3.8) is 0 Å². The highest BCUT2D eigenvalue weighted by Crippen LogP contribution is 2.21. The van der Waals surface area contributed by atoms with Crippen molar-refractivity contribution in [2.24, 2.45) is 0 Å². The molecule has 0 bridgehead atoms. The predicted octanol–water partition coefficient (Wildman–Crippen LogP) is 2.19. The van der Waals surface area contributed by atoms with Crippen LogP contribution in [0.2, 0.25) is 0 Å². The fraction of sp³-hybridized carbons (Fsp3) is 0.526. The number of nitrogens with one attached hydrogen (secondary N) is 1. The van der Waals surface area contributed by atoms with Crippen molar-refractivity contribution in [2.75, 3.05) is 39.3 Å². The Morgan fingerprint density at radius 1 is 0.893 bits per heavy atom. The minimum Gasteiger partial charge on any atom is -0.351 e. The first-order valence-electron chi connectivity index (χ1n) is 9.78. The lowest BCUT2D eigenvalue weighted by Crippen LogP contribution is -2.47. The van der Waals surface area contributed by atoms with Crippen molar-refractivity contribution in [1.82, 2.24) is 18.5 Å². The van der Waals surface area contributed by atoms with Gasteiger partial charge in [-0.15, -0.1) is 0 Å². The third kappa shape index (κ3) is 3.78. The third-order valence-corrected chi connectivity index (χ3v) is 7.56. The first-order valence-corrected chi connectivity index (χ1v) is 11.2. The molecule has 0 unspecified atom stereocenters. The Morgan fingerprint density at radius 2 is 1.61 bits per heavy atom. The highest BCUT2D eigenvalue weighted by molar-refractivity contribution is 7.86. The van der Waals surface area contributed by atoms with E-state index in [-0.39, 0.29) is 11.7 Å². The Morgan fingerprint density at radius 3 is 2.39 bits per heavy atom. The molecule has 2 aliphatic heterocycles. The molecule has 2 saturated heterocycles. The minimum atomic E-state index is -3.47. The van der Waals surface area contributed by atoms with Gasteiger partial charge < -0.3 is 9.88 Å². The number of H-pyrrole nitrogens is 1. The van der Waals surface area contributed by atoms with Gasteiger partial charge in [0.15, 0.2) is 0 Å². The summed E-state index contributed by atoms with van der Waals surface area (Å²) in [5, 5.41) is 0.646. The molecule has 1 N–H and O–H groups in total. The molecule has 7 nitrogen and oxygen atoms in total. The first-order chi connectivity index (χ1) is 13.4. The maximum Gasteiger partial charge on any atom is 0.282 e. The second-order valence-electron chi connectivity index (χ2n) is 7.43. The smallest absolute Gasteiger partial charge is 0.282 e. The van der Waals surface area contributed by atoms with Crippen molar-refractivity contribution in [2.45, 2.75) is 25.7 Å². The molecule has 152 valence electrons. The summed E-state index contributed by atoms with van der Waals surface area (Å²) in [5.41, 5.74) is 1.10. The Bertz CT molecular complexity index is 969. The predicted molar refractivity (Wildman–Crippen MR) is 105 cm³/mol. The van der Waals surface area contributed by atoms with Crippen LogP contribution in [0.5, 0.6) is 0 Å². The summed E-state index contributed by atoms with van der Waals surface area (Å²) >= 11 is 0. The SMILES string of the molecule is O=C(c1cc2cc(F)ccc2[nH]1)N1CCCN(S(=O)(=O)N2CCCCC2)CC1. The lowest BCUT2D eigenvalue weighted by molar-refractivity contribution is 0.0759. The summed E-state index contributed by atoms with van der Waals surface area (Å²) in [7, 11) is -3.47. The quantitative estimate of drug-likeness (QED) is 0.846. The Balaban J connectivity index is 1.46. The molecule has 0 saturated carbocycles. The van der Waals surface area contributed by atoms with E-state index in [1.807, 2.05) is 0 Å². The van der Waals surface area contributed by atoms with Crippen LogP contribution in [0.3, 0.4) is 0 Å². The molecule has 1 aromatic carbocycles. The Hall–Kier alpha value is -1.97. The lowest BCUT2D eigenvalue weighted by atomic mass is 10.2. The highest BCUT2D eigenvalue weighted by atomic mass is 32.2. The molecule has 2 aliphatic rings. The molecule has 3 heterocycles. The molecule has 0 aliphatic carbocycles. The number of aromatic nitrogens is 1. The number of benzene rings is 1. The summed E-state index contributed by atoms with van der Waals surface area (Å²) in [4.78, 5) is 17.6. The number of rotatable bonds is 3. The summed E-state index contributed by atoms with van der Waals surface area (Å²) < 4.78 is 42.3. The molecular weight excluding hydrogens is 383 g/mol. The van der Waals surface area contributed by atoms with E-state index in [0.29, 0.717) is 62.3 Å². The molecule has 0 atom stereocenters. The van der Waals surface area contributed by atoms with E-state index in [1.165, 1.54) is 16.4 Å². The molecular formula is C19H25FN4O3S. The van der Waals surface area contributed by atoms with Crippen molar-refractivity contribution >= 4 is 27.0 Å². The molecule has 1 aromatic heterocycles. The number of nitrogens with zero attached hydrogens (tertiary/aromatic N) is 3. The van der Waals surface area contributed by atoms with E-state index in [1.54, 1.807) is 21.3 Å². The molecule has 28 heavy (non-hydrogen) atoms. The number of carbonyl (C=O) groups excluding carboxylic acids is 1. The number of halogens is 1. The number of aromatic amines is 1. The van der Waals surface area contributed by atoms with Crippen LogP contribution < -0.4 is 0 Å². The van der Waals surface area contributed by atoms with E-state index in [2.05, 4.69) is 4.98 Å². The van der Waals surface area contributed by atoms with Crippen molar-refractivity contribution < 1.29 is 17.6 Å². The van der Waals surface area contributed by atoms with Crippen LogP contribution in [0, 0.1) is 5.82 Å². The van der Waals surface area contributed by atoms with Gasteiger partial charge >= 0.3 is 0 Å². The zero-order valence-corrected chi connectivity index (χ0v) is 16.5. The monoisotopic (exact) mass is 408 g/mol. The van der Waals surface area contributed by atoms with Crippen molar-refractivity contribution in [3.05, 3.63) is 35.8 Å². The molecule has 1 amide bonds. The van der Waals surface area contributed by atoms with Gasteiger partial charge in [-0.3, -0.25) is 4.79 Å². The summed E-state index contributed by atoms with van der Waals surface area (Å²) in [6.07, 6.45) is 3.47. The van der Waals surface area contributed by atoms with Gasteiger partial charge in [0.25, 0.3) is 16.1 Å². The normalized spacial score (nSPS) is 20.4. The van der Waals surface area contributed by atoms with Crippen LogP contribution >= 0.6 is 0 Å². The zero-order valence-electron chi connectivity index (χ0n) is 15.7. The molecule has 2 aromatic rings. The van der Waals surface area contributed by atoms with Gasteiger partial charge in [-0.25, -0.2) is 4.39 Å². The number of hydrogen-bond acceptors (Lipinski definition) is 3. The topological polar surface area (TPSA) is 76.7 Å². The summed E-state index contributed by atoms with van der Waals surface area (Å²) in [6.45, 7) is 2.70. The van der Waals surface area contributed by atoms with Gasteiger partial charge in [-0.1, -0.05) is 6.42 Å². The van der Waals surface area contributed by atoms with E-state index in [4.69, 9.17) is 0 Å². The van der Waals surface area contributed by atoms with Gasteiger partial charge in [-0.05, 0) is 43.5 Å². The van der Waals surface area contributed by atoms with Crippen LogP contribution in [-0.2, 0) is 10.2 Å². The maximum atomic E-state index is 13.4. The molecule has 0 spiro atoms. The molecule has 0 radical (unpaired) electrons. The average molecular weight is 408 g/mol. The van der Waals surface area contributed by atoms with E-state index < -0.39 is 10.2 Å². The second-order valence-corrected chi connectivity index (χ2v) is 9.36. The van der Waals surface area contributed by atoms with Gasteiger partial charge in [-0.2, -0.15) is 17.0 Å². The first kappa shape index (κ1) is 19.4. The number of piperidine rings is 1. The van der Waals surface area contributed by atoms with Crippen LogP contribution in [0.1, 0.15) is 36.2 Å². The maximum absolute atomic E-state index is 13.4. The number of fused-ring (bicyclic) bond motifs is 1. The van der Waals surface area contributed by atoms with E-state index in [0.717, 1.165) is 19.3 Å². The Kier molecular flexibility index (Phi) is 5.39. The van der Waals surface area contributed by atoms with Crippen LogP contribution in [0.15, 0.2) is 24.3 Å². The number of hydrogen-bond donors (Lipinski definition) is 1. The van der Waals surface area contributed by atoms with Crippen LogP contribution in [0.4, 0.5) is 4.39 Å². The summed E-state index contributed by atoms with van der Waals surface area (Å²) in [6, 6.07) is 5.99. The zero-order chi connectivity index (χ0) is 19.7. The van der Waals surface area contributed by atoms with Crippen molar-refractivity contribution in [1.29, 1.82) is 0 Å². The van der Waals surface area contributed by atoms with Gasteiger partial charge in [0.05, 0.1) is 0 Å². The lowest BCUT2D eigenvalue weighted by Gasteiger charge is -2.31. The minimum absolute atomic E-state index is 0.186. The van der Waals surface area contributed by atoms with Gasteiger partial charge in [0.2, 0.25) is 0 Å². The highest BCUT2D eigenvalue weighted by Gasteiger charge is 2.32. The fourth-order valence-electron chi connectivity index (χ4n) is 3.98. The fourth-order valence-corrected chi connectivity index (χ4v) is 5.69. The largest absolute Gasteiger partial charge is 0.351 e. The summed E-state index contributed by atoms with van der Waals surface area (Å²) in [5.74, 6) is -0.535. The van der Waals surface area contributed by atoms with Gasteiger partial charge in [0, 0.05) is 50.2 Å². The van der Waals surface area contributed by atoms with E-state index in [9.17, 15) is 17.6 Å². The average Bonchev–Trinajstić information content (AvgIpc) is 2.95. The number of carbonyl (C=O) groups is 1. The van der Waals surface area contributed by atoms with E-state index >= 15 is 0 Å². The van der Waals surface area contributed by atoms with Crippen LogP contribution in [0.25, 0.3) is 10.9 Å². The van der Waals surface area contributed by atoms with Crippen molar-refractivity contribution in [3.8, 4) is 0 Å². The molecule has 2 fully saturated rings. The Labute approximate surface area is 164 Å². The van der Waals surface area contributed by atoms with Crippen LogP contribution in [-0.4, -0.2) is 72.1 Å². The number of amides is 1. The van der Waals surface area contributed by atoms with Gasteiger partial charge in [0.1, 0.15) is 11.5 Å². The molecule has 9 heteroatoms. The molecule has 4 rings (SSSR count). The second kappa shape index (κ2) is 7.81.